The van der Waals surface area contributed by atoms with Gasteiger partial charge in [-0.25, -0.2) is 4.39 Å². The van der Waals surface area contributed by atoms with Crippen molar-refractivity contribution in [3.8, 4) is 0 Å². The lowest BCUT2D eigenvalue weighted by molar-refractivity contribution is -0.129. The highest BCUT2D eigenvalue weighted by Gasteiger charge is 2.22. The summed E-state index contributed by atoms with van der Waals surface area (Å²) in [6.45, 7) is 2.06. The fraction of sp³-hybridized carbons (Fsp3) is 0.588. The Morgan fingerprint density at radius 2 is 1.90 bits per heavy atom. The minimum absolute atomic E-state index is 0.203. The van der Waals surface area contributed by atoms with Gasteiger partial charge in [0.05, 0.1) is 5.75 Å². The van der Waals surface area contributed by atoms with Gasteiger partial charge in [-0.1, -0.05) is 31.4 Å². The highest BCUT2D eigenvalue weighted by Crippen LogP contribution is 2.29. The van der Waals surface area contributed by atoms with E-state index in [0.717, 1.165) is 18.4 Å². The van der Waals surface area contributed by atoms with Crippen molar-refractivity contribution in [1.82, 2.24) is 4.90 Å². The molecule has 4 heteroatoms. The minimum Gasteiger partial charge on any atom is -0.342 e. The number of amides is 1. The summed E-state index contributed by atoms with van der Waals surface area (Å²) in [5.74, 6) is 0.482. The number of benzene rings is 1. The number of thioether (sulfide) groups is 1. The molecule has 2 rings (SSSR count). The fourth-order valence-corrected chi connectivity index (χ4v) is 3.75. The third-order valence-electron chi connectivity index (χ3n) is 4.31. The average molecular weight is 309 g/mol. The van der Waals surface area contributed by atoms with Crippen molar-refractivity contribution in [2.24, 2.45) is 0 Å². The van der Waals surface area contributed by atoms with E-state index in [2.05, 4.69) is 6.92 Å². The Hall–Kier alpha value is -1.03. The van der Waals surface area contributed by atoms with Crippen LogP contribution in [0.1, 0.15) is 49.8 Å². The van der Waals surface area contributed by atoms with E-state index in [1.54, 1.807) is 23.9 Å². The molecular formula is C17H24FNOS. The summed E-state index contributed by atoms with van der Waals surface area (Å²) in [5, 5.41) is 0.203. The fourth-order valence-electron chi connectivity index (χ4n) is 2.80. The standard InChI is InChI=1S/C17H24FNOS/c1-13(14-8-10-15(18)11-9-14)21-12-17(20)19(2)16-6-4-3-5-7-16/h8-11,13,16H,3-7,12H2,1-2H3. The smallest absolute Gasteiger partial charge is 0.232 e. The summed E-state index contributed by atoms with van der Waals surface area (Å²) in [6.07, 6.45) is 6.05. The van der Waals surface area contributed by atoms with Crippen LogP contribution >= 0.6 is 11.8 Å². The number of carbonyl (C=O) groups is 1. The second-order valence-corrected chi connectivity index (χ2v) is 7.13. The maximum absolute atomic E-state index is 12.9. The quantitative estimate of drug-likeness (QED) is 0.803. The van der Waals surface area contributed by atoms with Gasteiger partial charge < -0.3 is 4.90 Å². The van der Waals surface area contributed by atoms with Gasteiger partial charge in [0.25, 0.3) is 0 Å². The van der Waals surface area contributed by atoms with Crippen LogP contribution in [0.3, 0.4) is 0 Å². The molecule has 1 atom stereocenters. The molecule has 0 aromatic heterocycles. The van der Waals surface area contributed by atoms with Gasteiger partial charge in [0.1, 0.15) is 5.82 Å². The maximum Gasteiger partial charge on any atom is 0.232 e. The van der Waals surface area contributed by atoms with Crippen molar-refractivity contribution in [2.45, 2.75) is 50.3 Å². The van der Waals surface area contributed by atoms with Crippen LogP contribution in [-0.4, -0.2) is 29.6 Å². The predicted molar refractivity (Wildman–Crippen MR) is 86.9 cm³/mol. The monoisotopic (exact) mass is 309 g/mol. The zero-order valence-corrected chi connectivity index (χ0v) is 13.7. The number of rotatable bonds is 5. The summed E-state index contributed by atoms with van der Waals surface area (Å²) in [4.78, 5) is 14.2. The van der Waals surface area contributed by atoms with E-state index in [9.17, 15) is 9.18 Å². The molecule has 21 heavy (non-hydrogen) atoms. The first kappa shape index (κ1) is 16.3. The molecule has 0 N–H and O–H groups in total. The highest BCUT2D eigenvalue weighted by molar-refractivity contribution is 8.00. The van der Waals surface area contributed by atoms with Crippen molar-refractivity contribution in [2.75, 3.05) is 12.8 Å². The second kappa shape index (κ2) is 7.83. The first-order valence-electron chi connectivity index (χ1n) is 7.70. The normalized spacial score (nSPS) is 17.5. The van der Waals surface area contributed by atoms with Crippen LogP contribution in [0.15, 0.2) is 24.3 Å². The van der Waals surface area contributed by atoms with Crippen LogP contribution in [-0.2, 0) is 4.79 Å². The van der Waals surface area contributed by atoms with Crippen molar-refractivity contribution in [3.05, 3.63) is 35.6 Å². The highest BCUT2D eigenvalue weighted by atomic mass is 32.2. The van der Waals surface area contributed by atoms with Gasteiger partial charge in [-0.3, -0.25) is 4.79 Å². The Labute approximate surface area is 131 Å². The van der Waals surface area contributed by atoms with Gasteiger partial charge in [-0.05, 0) is 37.5 Å². The maximum atomic E-state index is 12.9. The lowest BCUT2D eigenvalue weighted by Gasteiger charge is -2.31. The number of hydrogen-bond donors (Lipinski definition) is 0. The molecule has 0 heterocycles. The molecule has 1 aliphatic carbocycles. The van der Waals surface area contributed by atoms with E-state index in [1.807, 2.05) is 11.9 Å². The van der Waals surface area contributed by atoms with Crippen molar-refractivity contribution < 1.29 is 9.18 Å². The molecule has 0 aliphatic heterocycles. The van der Waals surface area contributed by atoms with Gasteiger partial charge in [-0.2, -0.15) is 0 Å². The summed E-state index contributed by atoms with van der Waals surface area (Å²) in [6, 6.07) is 6.96. The Bertz CT molecular complexity index is 456. The topological polar surface area (TPSA) is 20.3 Å². The van der Waals surface area contributed by atoms with E-state index in [1.165, 1.54) is 31.4 Å². The van der Waals surface area contributed by atoms with Gasteiger partial charge in [0.15, 0.2) is 0 Å². The summed E-state index contributed by atoms with van der Waals surface area (Å²) in [7, 11) is 1.93. The molecule has 116 valence electrons. The van der Waals surface area contributed by atoms with E-state index < -0.39 is 0 Å². The van der Waals surface area contributed by atoms with Crippen LogP contribution in [0, 0.1) is 5.82 Å². The molecule has 1 fully saturated rings. The molecule has 1 unspecified atom stereocenters. The minimum atomic E-state index is -0.218. The van der Waals surface area contributed by atoms with Crippen molar-refractivity contribution >= 4 is 17.7 Å². The molecule has 0 radical (unpaired) electrons. The largest absolute Gasteiger partial charge is 0.342 e. The first-order chi connectivity index (χ1) is 10.1. The molecule has 1 aromatic carbocycles. The summed E-state index contributed by atoms with van der Waals surface area (Å²) >= 11 is 1.62. The van der Waals surface area contributed by atoms with Crippen molar-refractivity contribution in [1.29, 1.82) is 0 Å². The molecule has 0 saturated heterocycles. The molecule has 2 nitrogen and oxygen atoms in total. The van der Waals surface area contributed by atoms with Crippen LogP contribution in [0.4, 0.5) is 4.39 Å². The van der Waals surface area contributed by atoms with E-state index in [4.69, 9.17) is 0 Å². The SMILES string of the molecule is CC(SCC(=O)N(C)C1CCCCC1)c1ccc(F)cc1. The van der Waals surface area contributed by atoms with E-state index >= 15 is 0 Å². The predicted octanol–water partition coefficient (Wildman–Crippen LogP) is 4.41. The Kier molecular flexibility index (Phi) is 6.09. The number of carbonyl (C=O) groups excluding carboxylic acids is 1. The van der Waals surface area contributed by atoms with Gasteiger partial charge >= 0.3 is 0 Å². The third-order valence-corrected chi connectivity index (χ3v) is 5.50. The zero-order chi connectivity index (χ0) is 15.2. The Morgan fingerprint density at radius 1 is 1.29 bits per heavy atom. The Balaban J connectivity index is 1.81. The third kappa shape index (κ3) is 4.73. The van der Waals surface area contributed by atoms with Crippen LogP contribution in [0.2, 0.25) is 0 Å². The zero-order valence-electron chi connectivity index (χ0n) is 12.8. The number of hydrogen-bond acceptors (Lipinski definition) is 2. The van der Waals surface area contributed by atoms with E-state index in [0.29, 0.717) is 11.8 Å². The lowest BCUT2D eigenvalue weighted by Crippen LogP contribution is -2.39. The average Bonchev–Trinajstić information content (AvgIpc) is 2.53. The lowest BCUT2D eigenvalue weighted by atomic mass is 9.94. The summed E-state index contributed by atoms with van der Waals surface area (Å²) in [5.41, 5.74) is 1.06. The second-order valence-electron chi connectivity index (χ2n) is 5.80. The molecule has 0 bridgehead atoms. The molecule has 1 saturated carbocycles. The molecule has 0 spiro atoms. The van der Waals surface area contributed by atoms with Crippen LogP contribution in [0.5, 0.6) is 0 Å². The number of nitrogens with zero attached hydrogens (tertiary/aromatic N) is 1. The molecule has 1 aliphatic rings. The number of halogens is 1. The van der Waals surface area contributed by atoms with Gasteiger partial charge in [0.2, 0.25) is 5.91 Å². The van der Waals surface area contributed by atoms with Gasteiger partial charge in [0, 0.05) is 18.3 Å². The van der Waals surface area contributed by atoms with Crippen LogP contribution in [0.25, 0.3) is 0 Å². The first-order valence-corrected chi connectivity index (χ1v) is 8.75. The molecular weight excluding hydrogens is 285 g/mol. The van der Waals surface area contributed by atoms with E-state index in [-0.39, 0.29) is 17.0 Å². The van der Waals surface area contributed by atoms with Crippen molar-refractivity contribution in [3.63, 3.8) is 0 Å². The Morgan fingerprint density at radius 3 is 2.52 bits per heavy atom. The van der Waals surface area contributed by atoms with Crippen LogP contribution < -0.4 is 0 Å². The summed E-state index contributed by atoms with van der Waals surface area (Å²) < 4.78 is 12.9. The molecule has 1 amide bonds. The van der Waals surface area contributed by atoms with Gasteiger partial charge in [-0.15, -0.1) is 11.8 Å². The molecule has 1 aromatic rings.